The minimum atomic E-state index is 0.262. The summed E-state index contributed by atoms with van der Waals surface area (Å²) in [6.07, 6.45) is 1.00. The van der Waals surface area contributed by atoms with Crippen molar-refractivity contribution in [3.05, 3.63) is 54.1 Å². The smallest absolute Gasteiger partial charge is 0.126 e. The van der Waals surface area contributed by atoms with Crippen LogP contribution >= 0.6 is 0 Å². The molecule has 0 aliphatic carbocycles. The molecule has 0 aliphatic heterocycles. The van der Waals surface area contributed by atoms with Crippen LogP contribution in [0.15, 0.2) is 48.5 Å². The van der Waals surface area contributed by atoms with Crippen molar-refractivity contribution >= 4 is 0 Å². The van der Waals surface area contributed by atoms with E-state index in [0.29, 0.717) is 12.0 Å². The molecule has 3 N–H and O–H groups in total. The van der Waals surface area contributed by atoms with Gasteiger partial charge >= 0.3 is 0 Å². The van der Waals surface area contributed by atoms with Gasteiger partial charge in [-0.2, -0.15) is 0 Å². The zero-order valence-corrected chi connectivity index (χ0v) is 15.3. The molecule has 130 valence electrons. The van der Waals surface area contributed by atoms with Crippen LogP contribution < -0.4 is 15.8 Å². The van der Waals surface area contributed by atoms with Gasteiger partial charge in [0.15, 0.2) is 0 Å². The van der Waals surface area contributed by atoms with Crippen LogP contribution in [0.3, 0.4) is 0 Å². The van der Waals surface area contributed by atoms with E-state index >= 15 is 0 Å². The van der Waals surface area contributed by atoms with E-state index in [0.717, 1.165) is 24.3 Å². The fraction of sp³-hybridized carbons (Fsp3) is 0.429. The van der Waals surface area contributed by atoms with Crippen molar-refractivity contribution in [2.24, 2.45) is 11.7 Å². The second kappa shape index (κ2) is 8.86. The summed E-state index contributed by atoms with van der Waals surface area (Å²) < 4.78 is 5.45. The molecule has 3 nitrogen and oxygen atoms in total. The Bertz CT molecular complexity index is 622. The normalized spacial score (nSPS) is 13.8. The maximum absolute atomic E-state index is 6.10. The van der Waals surface area contributed by atoms with Gasteiger partial charge in [0.1, 0.15) is 5.75 Å². The molecule has 1 unspecified atom stereocenters. The fourth-order valence-corrected chi connectivity index (χ4v) is 2.75. The molecule has 0 saturated heterocycles. The molecule has 0 bridgehead atoms. The number of methoxy groups -OCH3 is 1. The van der Waals surface area contributed by atoms with Gasteiger partial charge in [-0.25, -0.2) is 0 Å². The first kappa shape index (κ1) is 18.5. The summed E-state index contributed by atoms with van der Waals surface area (Å²) in [6.45, 7) is 7.48. The first-order valence-electron chi connectivity index (χ1n) is 8.75. The van der Waals surface area contributed by atoms with Crippen LogP contribution in [-0.4, -0.2) is 19.7 Å². The lowest BCUT2D eigenvalue weighted by atomic mass is 10.00. The maximum Gasteiger partial charge on any atom is 0.126 e. The highest BCUT2D eigenvalue weighted by atomic mass is 16.5. The second-order valence-electron chi connectivity index (χ2n) is 6.69. The average Bonchev–Trinajstić information content (AvgIpc) is 2.61. The van der Waals surface area contributed by atoms with E-state index in [1.807, 2.05) is 18.2 Å². The molecule has 24 heavy (non-hydrogen) atoms. The minimum absolute atomic E-state index is 0.262. The largest absolute Gasteiger partial charge is 0.496 e. The van der Waals surface area contributed by atoms with Crippen LogP contribution in [0.5, 0.6) is 5.75 Å². The van der Waals surface area contributed by atoms with E-state index in [4.69, 9.17) is 10.5 Å². The van der Waals surface area contributed by atoms with Crippen LogP contribution in [-0.2, 0) is 0 Å². The van der Waals surface area contributed by atoms with Crippen molar-refractivity contribution < 1.29 is 4.74 Å². The third-order valence-corrected chi connectivity index (χ3v) is 4.61. The SMILES string of the molecule is COc1ccccc1-c1ccc(C(C)NCC[C@@H](N)C(C)C)cc1. The number of nitrogens with two attached hydrogens (primary N) is 1. The van der Waals surface area contributed by atoms with Crippen molar-refractivity contribution in [2.45, 2.75) is 39.3 Å². The summed E-state index contributed by atoms with van der Waals surface area (Å²) >= 11 is 0. The van der Waals surface area contributed by atoms with E-state index in [1.165, 1.54) is 11.1 Å². The van der Waals surface area contributed by atoms with Crippen molar-refractivity contribution in [3.63, 3.8) is 0 Å². The predicted octanol–water partition coefficient (Wildman–Crippen LogP) is 4.39. The first-order chi connectivity index (χ1) is 11.5. The van der Waals surface area contributed by atoms with E-state index in [2.05, 4.69) is 56.4 Å². The zero-order chi connectivity index (χ0) is 17.5. The lowest BCUT2D eigenvalue weighted by molar-refractivity contribution is 0.416. The molecule has 0 spiro atoms. The quantitative estimate of drug-likeness (QED) is 0.756. The van der Waals surface area contributed by atoms with Gasteiger partial charge in [-0.15, -0.1) is 0 Å². The average molecular weight is 326 g/mol. The number of para-hydroxylation sites is 1. The Morgan fingerprint density at radius 1 is 1.00 bits per heavy atom. The molecule has 2 atom stereocenters. The lowest BCUT2D eigenvalue weighted by Gasteiger charge is -2.19. The van der Waals surface area contributed by atoms with E-state index in [9.17, 15) is 0 Å². The van der Waals surface area contributed by atoms with Gasteiger partial charge in [0.2, 0.25) is 0 Å². The molecule has 0 radical (unpaired) electrons. The Labute approximate surface area is 146 Å². The second-order valence-corrected chi connectivity index (χ2v) is 6.69. The van der Waals surface area contributed by atoms with Gasteiger partial charge in [0.05, 0.1) is 7.11 Å². The van der Waals surface area contributed by atoms with Crippen molar-refractivity contribution in [1.29, 1.82) is 0 Å². The first-order valence-corrected chi connectivity index (χ1v) is 8.75. The van der Waals surface area contributed by atoms with Crippen LogP contribution in [0.25, 0.3) is 11.1 Å². The van der Waals surface area contributed by atoms with Crippen molar-refractivity contribution in [3.8, 4) is 16.9 Å². The number of hydrogen-bond acceptors (Lipinski definition) is 3. The van der Waals surface area contributed by atoms with Gasteiger partial charge in [-0.05, 0) is 43.0 Å². The van der Waals surface area contributed by atoms with Crippen LogP contribution in [0, 0.1) is 5.92 Å². The Kier molecular flexibility index (Phi) is 6.83. The van der Waals surface area contributed by atoms with Crippen LogP contribution in [0.2, 0.25) is 0 Å². The van der Waals surface area contributed by atoms with Gasteiger partial charge in [0.25, 0.3) is 0 Å². The Morgan fingerprint density at radius 3 is 2.29 bits per heavy atom. The third-order valence-electron chi connectivity index (χ3n) is 4.61. The molecule has 2 aromatic rings. The van der Waals surface area contributed by atoms with E-state index < -0.39 is 0 Å². The molecule has 3 heteroatoms. The summed E-state index contributed by atoms with van der Waals surface area (Å²) in [6, 6.07) is 17.4. The molecule has 0 aliphatic rings. The molecule has 0 heterocycles. The van der Waals surface area contributed by atoms with Gasteiger partial charge in [-0.1, -0.05) is 56.3 Å². The standard InChI is InChI=1S/C21H30N2O/c1-15(2)20(22)13-14-23-16(3)17-9-11-18(12-10-17)19-7-5-6-8-21(19)24-4/h5-12,15-16,20,23H,13-14,22H2,1-4H3/t16?,20-/m1/s1. The lowest BCUT2D eigenvalue weighted by Crippen LogP contribution is -2.31. The van der Waals surface area contributed by atoms with Crippen LogP contribution in [0.4, 0.5) is 0 Å². The molecule has 2 aromatic carbocycles. The summed E-state index contributed by atoms with van der Waals surface area (Å²) in [5.41, 5.74) is 9.68. The molecule has 2 rings (SSSR count). The number of nitrogens with one attached hydrogen (secondary N) is 1. The molecule has 0 amide bonds. The predicted molar refractivity (Wildman–Crippen MR) is 102 cm³/mol. The molecule has 0 saturated carbocycles. The molecular weight excluding hydrogens is 296 g/mol. The van der Waals surface area contributed by atoms with E-state index in [-0.39, 0.29) is 6.04 Å². The summed E-state index contributed by atoms with van der Waals surface area (Å²) in [7, 11) is 1.71. The number of rotatable bonds is 8. The highest BCUT2D eigenvalue weighted by Crippen LogP contribution is 2.30. The topological polar surface area (TPSA) is 47.3 Å². The number of benzene rings is 2. The zero-order valence-electron chi connectivity index (χ0n) is 15.3. The summed E-state index contributed by atoms with van der Waals surface area (Å²) in [5, 5.41) is 3.56. The highest BCUT2D eigenvalue weighted by molar-refractivity contribution is 5.70. The van der Waals surface area contributed by atoms with Crippen LogP contribution in [0.1, 0.15) is 38.8 Å². The highest BCUT2D eigenvalue weighted by Gasteiger charge is 2.10. The molecular formula is C21H30N2O. The minimum Gasteiger partial charge on any atom is -0.496 e. The van der Waals surface area contributed by atoms with Crippen molar-refractivity contribution in [2.75, 3.05) is 13.7 Å². The van der Waals surface area contributed by atoms with Crippen molar-refractivity contribution in [1.82, 2.24) is 5.32 Å². The van der Waals surface area contributed by atoms with Gasteiger partial charge in [0, 0.05) is 17.6 Å². The van der Waals surface area contributed by atoms with E-state index in [1.54, 1.807) is 7.11 Å². The fourth-order valence-electron chi connectivity index (χ4n) is 2.75. The summed E-state index contributed by atoms with van der Waals surface area (Å²) in [5.74, 6) is 1.43. The monoisotopic (exact) mass is 326 g/mol. The molecule has 0 aromatic heterocycles. The summed E-state index contributed by atoms with van der Waals surface area (Å²) in [4.78, 5) is 0. The Balaban J connectivity index is 1.98. The molecule has 0 fully saturated rings. The third kappa shape index (κ3) is 4.83. The van der Waals surface area contributed by atoms with Gasteiger partial charge in [-0.3, -0.25) is 0 Å². The Hall–Kier alpha value is -1.84. The maximum atomic E-state index is 6.10. The number of hydrogen-bond donors (Lipinski definition) is 2. The number of ether oxygens (including phenoxy) is 1. The Morgan fingerprint density at radius 2 is 1.67 bits per heavy atom. The van der Waals surface area contributed by atoms with Gasteiger partial charge < -0.3 is 15.8 Å².